The standard InChI is InChI=1S/C19H26N4/c1-16-5-2-3-11-22(16)19-14-21(15-19)13-17-6-8-18(9-7-17)23-12-4-10-20-23/h4,6-10,12,16,19H,2-3,5,11,13-15H2,1H3. The minimum absolute atomic E-state index is 0.782. The van der Waals surface area contributed by atoms with Gasteiger partial charge >= 0.3 is 0 Å². The predicted molar refractivity (Wildman–Crippen MR) is 92.6 cm³/mol. The Labute approximate surface area is 138 Å². The summed E-state index contributed by atoms with van der Waals surface area (Å²) in [5.74, 6) is 0. The van der Waals surface area contributed by atoms with Gasteiger partial charge in [0.15, 0.2) is 0 Å². The van der Waals surface area contributed by atoms with Gasteiger partial charge in [-0.1, -0.05) is 18.6 Å². The van der Waals surface area contributed by atoms with E-state index in [4.69, 9.17) is 0 Å². The van der Waals surface area contributed by atoms with Crippen molar-refractivity contribution in [2.24, 2.45) is 0 Å². The number of piperidine rings is 1. The van der Waals surface area contributed by atoms with Crippen LogP contribution in [0.3, 0.4) is 0 Å². The molecule has 2 aliphatic rings. The van der Waals surface area contributed by atoms with Crippen LogP contribution in [0.1, 0.15) is 31.7 Å². The van der Waals surface area contributed by atoms with Gasteiger partial charge in [0, 0.05) is 44.1 Å². The maximum absolute atomic E-state index is 4.27. The van der Waals surface area contributed by atoms with Crippen molar-refractivity contribution in [2.75, 3.05) is 19.6 Å². The van der Waals surface area contributed by atoms with Gasteiger partial charge in [0.1, 0.15) is 0 Å². The van der Waals surface area contributed by atoms with E-state index in [9.17, 15) is 0 Å². The molecule has 122 valence electrons. The molecule has 2 aromatic rings. The van der Waals surface area contributed by atoms with Crippen LogP contribution in [0.15, 0.2) is 42.7 Å². The second-order valence-electron chi connectivity index (χ2n) is 7.05. The molecule has 0 aliphatic carbocycles. The van der Waals surface area contributed by atoms with E-state index in [0.29, 0.717) is 0 Å². The van der Waals surface area contributed by atoms with Crippen molar-refractivity contribution in [2.45, 2.75) is 44.8 Å². The first-order valence-electron chi connectivity index (χ1n) is 8.86. The lowest BCUT2D eigenvalue weighted by Gasteiger charge is -2.49. The van der Waals surface area contributed by atoms with Crippen molar-refractivity contribution in [1.82, 2.24) is 19.6 Å². The summed E-state index contributed by atoms with van der Waals surface area (Å²) in [6, 6.07) is 12.3. The lowest BCUT2D eigenvalue weighted by atomic mass is 9.97. The molecular formula is C19H26N4. The first kappa shape index (κ1) is 14.9. The van der Waals surface area contributed by atoms with E-state index < -0.39 is 0 Å². The Morgan fingerprint density at radius 2 is 1.96 bits per heavy atom. The topological polar surface area (TPSA) is 24.3 Å². The molecule has 0 amide bonds. The van der Waals surface area contributed by atoms with Gasteiger partial charge < -0.3 is 0 Å². The number of hydrogen-bond acceptors (Lipinski definition) is 3. The fourth-order valence-corrected chi connectivity index (χ4v) is 3.98. The van der Waals surface area contributed by atoms with Crippen LogP contribution in [0.4, 0.5) is 0 Å². The zero-order valence-electron chi connectivity index (χ0n) is 13.9. The molecule has 4 rings (SSSR count). The van der Waals surface area contributed by atoms with E-state index in [1.807, 2.05) is 23.1 Å². The van der Waals surface area contributed by atoms with E-state index in [-0.39, 0.29) is 0 Å². The zero-order chi connectivity index (χ0) is 15.6. The molecule has 3 heterocycles. The van der Waals surface area contributed by atoms with Crippen molar-refractivity contribution >= 4 is 0 Å². The van der Waals surface area contributed by atoms with Gasteiger partial charge in [-0.3, -0.25) is 9.80 Å². The fourth-order valence-electron chi connectivity index (χ4n) is 3.98. The minimum atomic E-state index is 0.782. The van der Waals surface area contributed by atoms with E-state index in [2.05, 4.69) is 46.1 Å². The van der Waals surface area contributed by atoms with Crippen LogP contribution < -0.4 is 0 Å². The van der Waals surface area contributed by atoms with E-state index in [1.54, 1.807) is 0 Å². The lowest BCUT2D eigenvalue weighted by molar-refractivity contribution is -0.00620. The number of nitrogens with zero attached hydrogens (tertiary/aromatic N) is 4. The highest BCUT2D eigenvalue weighted by Gasteiger charge is 2.34. The Kier molecular flexibility index (Phi) is 4.19. The number of aromatic nitrogens is 2. The van der Waals surface area contributed by atoms with Crippen molar-refractivity contribution < 1.29 is 0 Å². The Bertz CT molecular complexity index is 613. The lowest BCUT2D eigenvalue weighted by Crippen LogP contribution is -2.61. The molecule has 1 atom stereocenters. The van der Waals surface area contributed by atoms with Gasteiger partial charge in [0.2, 0.25) is 0 Å². The molecular weight excluding hydrogens is 284 g/mol. The van der Waals surface area contributed by atoms with Crippen LogP contribution in [0.5, 0.6) is 0 Å². The SMILES string of the molecule is CC1CCCCN1C1CN(Cc2ccc(-n3cccn3)cc2)C1. The molecule has 4 heteroatoms. The van der Waals surface area contributed by atoms with Crippen LogP contribution in [0.25, 0.3) is 5.69 Å². The van der Waals surface area contributed by atoms with Gasteiger partial charge in [-0.25, -0.2) is 4.68 Å². The Morgan fingerprint density at radius 3 is 2.65 bits per heavy atom. The van der Waals surface area contributed by atoms with Crippen molar-refractivity contribution in [1.29, 1.82) is 0 Å². The summed E-state index contributed by atoms with van der Waals surface area (Å²) in [4.78, 5) is 5.30. The second kappa shape index (κ2) is 6.46. The molecule has 0 radical (unpaired) electrons. The second-order valence-corrected chi connectivity index (χ2v) is 7.05. The predicted octanol–water partition coefficient (Wildman–Crippen LogP) is 2.93. The Hall–Kier alpha value is -1.65. The molecule has 0 saturated carbocycles. The van der Waals surface area contributed by atoms with E-state index >= 15 is 0 Å². The van der Waals surface area contributed by atoms with Gasteiger partial charge in [-0.05, 0) is 50.1 Å². The third-order valence-corrected chi connectivity index (χ3v) is 5.37. The maximum Gasteiger partial charge on any atom is 0.0645 e. The first-order chi connectivity index (χ1) is 11.3. The summed E-state index contributed by atoms with van der Waals surface area (Å²) < 4.78 is 1.90. The Morgan fingerprint density at radius 1 is 1.13 bits per heavy atom. The highest BCUT2D eigenvalue weighted by molar-refractivity contribution is 5.33. The average molecular weight is 310 g/mol. The molecule has 1 unspecified atom stereocenters. The van der Waals surface area contributed by atoms with Crippen LogP contribution in [-0.2, 0) is 6.54 Å². The average Bonchev–Trinajstić information content (AvgIpc) is 3.07. The van der Waals surface area contributed by atoms with Crippen LogP contribution in [0.2, 0.25) is 0 Å². The summed E-state index contributed by atoms with van der Waals surface area (Å²) in [6.07, 6.45) is 7.97. The van der Waals surface area contributed by atoms with Gasteiger partial charge in [0.25, 0.3) is 0 Å². The van der Waals surface area contributed by atoms with Gasteiger partial charge in [0.05, 0.1) is 5.69 Å². The molecule has 2 aliphatic heterocycles. The largest absolute Gasteiger partial charge is 0.296 e. The summed E-state index contributed by atoms with van der Waals surface area (Å²) in [7, 11) is 0. The third kappa shape index (κ3) is 3.19. The fraction of sp³-hybridized carbons (Fsp3) is 0.526. The summed E-state index contributed by atoms with van der Waals surface area (Å²) >= 11 is 0. The molecule has 2 fully saturated rings. The van der Waals surface area contributed by atoms with Crippen molar-refractivity contribution in [3.05, 3.63) is 48.3 Å². The number of rotatable bonds is 4. The minimum Gasteiger partial charge on any atom is -0.296 e. The third-order valence-electron chi connectivity index (χ3n) is 5.37. The first-order valence-corrected chi connectivity index (χ1v) is 8.86. The quantitative estimate of drug-likeness (QED) is 0.868. The van der Waals surface area contributed by atoms with Crippen LogP contribution in [-0.4, -0.2) is 51.3 Å². The molecule has 0 N–H and O–H groups in total. The summed E-state index contributed by atoms with van der Waals surface area (Å²) in [5, 5.41) is 4.27. The van der Waals surface area contributed by atoms with E-state index in [1.165, 1.54) is 44.5 Å². The summed E-state index contributed by atoms with van der Waals surface area (Å²) in [6.45, 7) is 7.22. The number of benzene rings is 1. The summed E-state index contributed by atoms with van der Waals surface area (Å²) in [5.41, 5.74) is 2.52. The van der Waals surface area contributed by atoms with Crippen LogP contribution >= 0.6 is 0 Å². The molecule has 0 spiro atoms. The van der Waals surface area contributed by atoms with Gasteiger partial charge in [-0.15, -0.1) is 0 Å². The highest BCUT2D eigenvalue weighted by atomic mass is 15.3. The number of hydrogen-bond donors (Lipinski definition) is 0. The van der Waals surface area contributed by atoms with Crippen molar-refractivity contribution in [3.8, 4) is 5.69 Å². The van der Waals surface area contributed by atoms with Crippen LogP contribution in [0, 0.1) is 0 Å². The van der Waals surface area contributed by atoms with Gasteiger partial charge in [-0.2, -0.15) is 5.10 Å². The molecule has 2 saturated heterocycles. The maximum atomic E-state index is 4.27. The molecule has 0 bridgehead atoms. The van der Waals surface area contributed by atoms with E-state index in [0.717, 1.165) is 24.3 Å². The number of likely N-dealkylation sites (tertiary alicyclic amines) is 2. The molecule has 1 aromatic carbocycles. The smallest absolute Gasteiger partial charge is 0.0645 e. The molecule has 4 nitrogen and oxygen atoms in total. The normalized spacial score (nSPS) is 23.8. The Balaban J connectivity index is 1.30. The monoisotopic (exact) mass is 310 g/mol. The van der Waals surface area contributed by atoms with Crippen molar-refractivity contribution in [3.63, 3.8) is 0 Å². The molecule has 23 heavy (non-hydrogen) atoms. The zero-order valence-corrected chi connectivity index (χ0v) is 13.9. The highest BCUT2D eigenvalue weighted by Crippen LogP contribution is 2.25. The molecule has 1 aromatic heterocycles.